The van der Waals surface area contributed by atoms with E-state index in [9.17, 15) is 4.79 Å². The largest absolute Gasteiger partial charge is 0.385 e. The summed E-state index contributed by atoms with van der Waals surface area (Å²) in [5.41, 5.74) is 2.53. The number of ether oxygens (including phenoxy) is 1. The average Bonchev–Trinajstić information content (AvgIpc) is 2.57. The van der Waals surface area contributed by atoms with Crippen LogP contribution in [-0.4, -0.2) is 36.4 Å². The molecular formula is C17H22N4O2. The molecule has 0 atom stereocenters. The number of anilines is 1. The topological polar surface area (TPSA) is 76.1 Å². The summed E-state index contributed by atoms with van der Waals surface area (Å²) in [5, 5.41) is 13.9. The van der Waals surface area contributed by atoms with E-state index in [4.69, 9.17) is 4.74 Å². The molecule has 0 aliphatic carbocycles. The Kier molecular flexibility index (Phi) is 6.50. The van der Waals surface area contributed by atoms with Crippen molar-refractivity contribution in [3.8, 4) is 0 Å². The Morgan fingerprint density at radius 1 is 1.22 bits per heavy atom. The molecule has 6 nitrogen and oxygen atoms in total. The molecule has 0 aliphatic heterocycles. The first-order chi connectivity index (χ1) is 11.2. The Labute approximate surface area is 136 Å². The first-order valence-corrected chi connectivity index (χ1v) is 7.59. The number of carbonyl (C=O) groups excluding carboxylic acids is 1. The molecule has 2 rings (SSSR count). The number of nitrogens with zero attached hydrogens (tertiary/aromatic N) is 2. The quantitative estimate of drug-likeness (QED) is 0.730. The maximum atomic E-state index is 12.1. The minimum absolute atomic E-state index is 0.232. The molecule has 2 aromatic rings. The summed E-state index contributed by atoms with van der Waals surface area (Å²) in [6, 6.07) is 11.4. The third-order valence-corrected chi connectivity index (χ3v) is 3.26. The van der Waals surface area contributed by atoms with Gasteiger partial charge in [0, 0.05) is 26.8 Å². The highest BCUT2D eigenvalue weighted by Gasteiger charge is 2.08. The van der Waals surface area contributed by atoms with E-state index in [0.29, 0.717) is 24.7 Å². The molecule has 0 radical (unpaired) electrons. The van der Waals surface area contributed by atoms with Crippen molar-refractivity contribution in [1.82, 2.24) is 15.5 Å². The van der Waals surface area contributed by atoms with Gasteiger partial charge in [-0.25, -0.2) is 0 Å². The minimum atomic E-state index is -0.232. The van der Waals surface area contributed by atoms with Gasteiger partial charge < -0.3 is 15.4 Å². The van der Waals surface area contributed by atoms with Crippen LogP contribution in [0.4, 0.5) is 5.82 Å². The lowest BCUT2D eigenvalue weighted by Gasteiger charge is -2.07. The predicted octanol–water partition coefficient (Wildman–Crippen LogP) is 2.16. The van der Waals surface area contributed by atoms with E-state index < -0.39 is 0 Å². The second-order valence-electron chi connectivity index (χ2n) is 5.25. The summed E-state index contributed by atoms with van der Waals surface area (Å²) in [5.74, 6) is 0.418. The summed E-state index contributed by atoms with van der Waals surface area (Å²) >= 11 is 0. The standard InChI is InChI=1S/C17H22N4O2/c1-13-5-3-6-14(11-13)12-19-17(22)15-7-8-16(21-20-15)18-9-4-10-23-2/h3,5-8,11H,4,9-10,12H2,1-2H3,(H,18,21)(H,19,22). The molecule has 0 unspecified atom stereocenters. The van der Waals surface area contributed by atoms with Crippen molar-refractivity contribution in [3.63, 3.8) is 0 Å². The number of carbonyl (C=O) groups is 1. The van der Waals surface area contributed by atoms with Gasteiger partial charge in [-0.15, -0.1) is 10.2 Å². The molecule has 6 heteroatoms. The smallest absolute Gasteiger partial charge is 0.272 e. The monoisotopic (exact) mass is 314 g/mol. The maximum Gasteiger partial charge on any atom is 0.272 e. The highest BCUT2D eigenvalue weighted by Crippen LogP contribution is 2.05. The zero-order chi connectivity index (χ0) is 16.5. The summed E-state index contributed by atoms with van der Waals surface area (Å²) in [4.78, 5) is 12.1. The van der Waals surface area contributed by atoms with Gasteiger partial charge in [0.25, 0.3) is 5.91 Å². The van der Waals surface area contributed by atoms with Crippen LogP contribution in [-0.2, 0) is 11.3 Å². The zero-order valence-corrected chi connectivity index (χ0v) is 13.5. The van der Waals surface area contributed by atoms with Crippen molar-refractivity contribution in [3.05, 3.63) is 53.2 Å². The average molecular weight is 314 g/mol. The van der Waals surface area contributed by atoms with Gasteiger partial charge in [0.2, 0.25) is 0 Å². The van der Waals surface area contributed by atoms with Crippen LogP contribution in [0, 0.1) is 6.92 Å². The van der Waals surface area contributed by atoms with Gasteiger partial charge in [0.05, 0.1) is 0 Å². The van der Waals surface area contributed by atoms with Crippen molar-refractivity contribution in [2.45, 2.75) is 19.9 Å². The summed E-state index contributed by atoms with van der Waals surface area (Å²) in [6.07, 6.45) is 0.886. The van der Waals surface area contributed by atoms with Gasteiger partial charge in [0.15, 0.2) is 5.69 Å². The lowest BCUT2D eigenvalue weighted by molar-refractivity contribution is 0.0945. The molecule has 0 saturated carbocycles. The van der Waals surface area contributed by atoms with E-state index in [1.807, 2.05) is 31.2 Å². The number of hydrogen-bond donors (Lipinski definition) is 2. The summed E-state index contributed by atoms with van der Waals surface area (Å²) in [7, 11) is 1.67. The van der Waals surface area contributed by atoms with E-state index in [0.717, 1.165) is 18.5 Å². The van der Waals surface area contributed by atoms with E-state index in [1.54, 1.807) is 19.2 Å². The van der Waals surface area contributed by atoms with Gasteiger partial charge in [0.1, 0.15) is 5.82 Å². The first-order valence-electron chi connectivity index (χ1n) is 7.59. The van der Waals surface area contributed by atoms with Crippen LogP contribution in [0.25, 0.3) is 0 Å². The number of aryl methyl sites for hydroxylation is 1. The normalized spacial score (nSPS) is 10.3. The molecule has 0 fully saturated rings. The van der Waals surface area contributed by atoms with Gasteiger partial charge >= 0.3 is 0 Å². The molecule has 0 aliphatic rings. The Morgan fingerprint density at radius 2 is 2.09 bits per heavy atom. The molecule has 23 heavy (non-hydrogen) atoms. The van der Waals surface area contributed by atoms with E-state index in [1.165, 1.54) is 5.56 Å². The first kappa shape index (κ1) is 16.9. The van der Waals surface area contributed by atoms with Crippen molar-refractivity contribution in [2.24, 2.45) is 0 Å². The fraction of sp³-hybridized carbons (Fsp3) is 0.353. The number of benzene rings is 1. The molecule has 2 N–H and O–H groups in total. The van der Waals surface area contributed by atoms with E-state index in [-0.39, 0.29) is 5.91 Å². The van der Waals surface area contributed by atoms with Gasteiger partial charge in [-0.05, 0) is 31.0 Å². The third-order valence-electron chi connectivity index (χ3n) is 3.26. The van der Waals surface area contributed by atoms with Crippen molar-refractivity contribution < 1.29 is 9.53 Å². The van der Waals surface area contributed by atoms with Gasteiger partial charge in [-0.1, -0.05) is 29.8 Å². The Bertz CT molecular complexity index is 629. The second kappa shape index (κ2) is 8.85. The molecular weight excluding hydrogens is 292 g/mol. The lowest BCUT2D eigenvalue weighted by Crippen LogP contribution is -2.24. The third kappa shape index (κ3) is 5.67. The lowest BCUT2D eigenvalue weighted by atomic mass is 10.1. The maximum absolute atomic E-state index is 12.1. The highest BCUT2D eigenvalue weighted by atomic mass is 16.5. The van der Waals surface area contributed by atoms with Crippen molar-refractivity contribution in [2.75, 3.05) is 25.6 Å². The zero-order valence-electron chi connectivity index (χ0n) is 13.5. The number of aromatic nitrogens is 2. The minimum Gasteiger partial charge on any atom is -0.385 e. The van der Waals surface area contributed by atoms with Crippen LogP contribution in [0.3, 0.4) is 0 Å². The van der Waals surface area contributed by atoms with Crippen LogP contribution in [0.15, 0.2) is 36.4 Å². The molecule has 1 amide bonds. The van der Waals surface area contributed by atoms with Crippen LogP contribution >= 0.6 is 0 Å². The number of hydrogen-bond acceptors (Lipinski definition) is 5. The predicted molar refractivity (Wildman–Crippen MR) is 89.4 cm³/mol. The Morgan fingerprint density at radius 3 is 2.78 bits per heavy atom. The van der Waals surface area contributed by atoms with Crippen LogP contribution in [0.1, 0.15) is 28.0 Å². The number of methoxy groups -OCH3 is 1. The molecule has 1 aromatic carbocycles. The van der Waals surface area contributed by atoms with Crippen LogP contribution in [0.2, 0.25) is 0 Å². The van der Waals surface area contributed by atoms with Gasteiger partial charge in [-0.2, -0.15) is 0 Å². The highest BCUT2D eigenvalue weighted by molar-refractivity contribution is 5.92. The van der Waals surface area contributed by atoms with Crippen molar-refractivity contribution in [1.29, 1.82) is 0 Å². The van der Waals surface area contributed by atoms with Crippen LogP contribution < -0.4 is 10.6 Å². The van der Waals surface area contributed by atoms with Gasteiger partial charge in [-0.3, -0.25) is 4.79 Å². The molecule has 1 heterocycles. The molecule has 0 bridgehead atoms. The molecule has 0 saturated heterocycles. The van der Waals surface area contributed by atoms with E-state index in [2.05, 4.69) is 20.8 Å². The Balaban J connectivity index is 1.82. The summed E-state index contributed by atoms with van der Waals surface area (Å²) < 4.78 is 4.97. The molecule has 0 spiro atoms. The fourth-order valence-corrected chi connectivity index (χ4v) is 2.08. The molecule has 122 valence electrons. The second-order valence-corrected chi connectivity index (χ2v) is 5.25. The number of nitrogens with one attached hydrogen (secondary N) is 2. The fourth-order valence-electron chi connectivity index (χ4n) is 2.08. The van der Waals surface area contributed by atoms with E-state index >= 15 is 0 Å². The number of amides is 1. The van der Waals surface area contributed by atoms with Crippen LogP contribution in [0.5, 0.6) is 0 Å². The number of rotatable bonds is 8. The summed E-state index contributed by atoms with van der Waals surface area (Å²) in [6.45, 7) is 3.94. The van der Waals surface area contributed by atoms with Crippen molar-refractivity contribution >= 4 is 11.7 Å². The Hall–Kier alpha value is -2.47. The SMILES string of the molecule is COCCCNc1ccc(C(=O)NCc2cccc(C)c2)nn1. The molecule has 1 aromatic heterocycles.